The third-order valence-corrected chi connectivity index (χ3v) is 13.1. The van der Waals surface area contributed by atoms with E-state index in [-0.39, 0.29) is 46.8 Å². The van der Waals surface area contributed by atoms with Crippen molar-refractivity contribution in [3.05, 3.63) is 76.3 Å². The lowest BCUT2D eigenvalue weighted by atomic mass is 9.83. The number of halogens is 1. The summed E-state index contributed by atoms with van der Waals surface area (Å²) < 4.78 is 29.4. The molecule has 18 heteroatoms. The number of nitrogens with one attached hydrogen (secondary N) is 2. The van der Waals surface area contributed by atoms with Crippen molar-refractivity contribution < 1.29 is 57.6 Å². The number of rotatable bonds is 13. The van der Waals surface area contributed by atoms with Crippen LogP contribution in [0.25, 0.3) is 0 Å². The van der Waals surface area contributed by atoms with Crippen molar-refractivity contribution in [3.8, 4) is 5.75 Å². The maximum atomic E-state index is 14.3. The van der Waals surface area contributed by atoms with Crippen molar-refractivity contribution in [3.63, 3.8) is 0 Å². The number of carbonyl (C=O) groups excluding carboxylic acids is 6. The Hall–Kier alpha value is -4.94. The second-order valence-corrected chi connectivity index (χ2v) is 18.4. The number of allylic oxidation sites excluding steroid dienone is 3. The van der Waals surface area contributed by atoms with Gasteiger partial charge in [-0.2, -0.15) is 12.6 Å². The number of anilines is 2. The van der Waals surface area contributed by atoms with E-state index in [1.54, 1.807) is 64.2 Å². The maximum Gasteiger partial charge on any atom is 0.409 e. The number of esters is 1. The maximum absolute atomic E-state index is 14.3. The minimum absolute atomic E-state index is 0.0290. The van der Waals surface area contributed by atoms with Crippen molar-refractivity contribution in [2.45, 2.75) is 127 Å². The molecule has 2 saturated heterocycles. The molecule has 1 unspecified atom stereocenters. The molecule has 3 heterocycles. The van der Waals surface area contributed by atoms with Gasteiger partial charge in [-0.05, 0) is 88.9 Å². The van der Waals surface area contributed by atoms with Crippen LogP contribution in [0.5, 0.6) is 5.75 Å². The largest absolute Gasteiger partial charge is 0.495 e. The van der Waals surface area contributed by atoms with E-state index in [1.807, 2.05) is 13.0 Å². The highest BCUT2D eigenvalue weighted by molar-refractivity contribution is 7.81. The zero-order valence-corrected chi connectivity index (χ0v) is 40.0. The Kier molecular flexibility index (Phi) is 16.9. The molecule has 2 aromatic carbocycles. The molecular formula is C47H61ClN4O12S. The number of fused-ring (bicyclic) bond motifs is 5. The van der Waals surface area contributed by atoms with Crippen molar-refractivity contribution in [2.24, 2.45) is 5.92 Å². The normalized spacial score (nSPS) is 27.9. The van der Waals surface area contributed by atoms with Gasteiger partial charge in [-0.3, -0.25) is 24.5 Å². The molecule has 2 fully saturated rings. The summed E-state index contributed by atoms with van der Waals surface area (Å²) in [6, 6.07) is 8.61. The molecule has 9 atom stereocenters. The van der Waals surface area contributed by atoms with Crippen molar-refractivity contribution in [1.82, 2.24) is 10.2 Å². The molecule has 5 rings (SSSR count). The number of likely N-dealkylation sites (N-methyl/N-ethyl adjacent to an activating group) is 1. The first-order valence-corrected chi connectivity index (χ1v) is 22.5. The molecule has 16 nitrogen and oxygen atoms in total. The summed E-state index contributed by atoms with van der Waals surface area (Å²) in [5.74, 6) is -2.26. The number of thiol groups is 1. The number of carbonyl (C=O) groups is 6. The van der Waals surface area contributed by atoms with Gasteiger partial charge < -0.3 is 43.9 Å². The molecule has 65 heavy (non-hydrogen) atoms. The van der Waals surface area contributed by atoms with Gasteiger partial charge in [-0.25, -0.2) is 9.59 Å². The third kappa shape index (κ3) is 12.3. The predicted octanol–water partition coefficient (Wildman–Crippen LogP) is 6.21. The van der Waals surface area contributed by atoms with Gasteiger partial charge in [-0.1, -0.05) is 42.3 Å². The van der Waals surface area contributed by atoms with E-state index in [4.69, 9.17) is 35.3 Å². The molecule has 354 valence electrons. The molecule has 0 spiro atoms. The summed E-state index contributed by atoms with van der Waals surface area (Å²) in [7, 11) is 5.89. The number of epoxide rings is 1. The molecule has 4 bridgehead atoms. The number of amides is 4. The van der Waals surface area contributed by atoms with Crippen LogP contribution < -0.4 is 20.3 Å². The summed E-state index contributed by atoms with van der Waals surface area (Å²) in [4.78, 5) is 81.9. The highest BCUT2D eigenvalue weighted by atomic mass is 35.5. The molecule has 0 aromatic heterocycles. The summed E-state index contributed by atoms with van der Waals surface area (Å²) in [5.41, 5.74) is -0.416. The number of ketones is 1. The van der Waals surface area contributed by atoms with Gasteiger partial charge in [0.25, 0.3) is 5.91 Å². The summed E-state index contributed by atoms with van der Waals surface area (Å²) in [6.07, 6.45) is 2.18. The second kappa shape index (κ2) is 21.6. The van der Waals surface area contributed by atoms with Gasteiger partial charge in [0.2, 0.25) is 11.8 Å². The standard InChI is InChI=1S/C47H61ClN4O12S/c1-26-13-12-15-37(61-9)47(59)25-36(62-45(58)50-47)27(2)42-46(5,64-42)38(24-40(55)52(7)33-22-30(21-26)23-35(60-8)41(33)48)63-44(57)28(3)51(6)43(56)31-17-19-32(20-18-31)49-39(54)16-11-10-14-34(53)29(4)65/h12-13,15,17-20,22-23,27-29,36-38,42,59,65H,10-11,14,16,21,24-25H2,1-9H3,(H,49,54)(H,50,58)/b15-12+,26-13+/t27-,28+,29?,36+,37-,38+,42+,46+,47+/m1/s1. The minimum Gasteiger partial charge on any atom is -0.495 e. The Labute approximate surface area is 390 Å². The number of methoxy groups -OCH3 is 2. The highest BCUT2D eigenvalue weighted by Crippen LogP contribution is 2.49. The first-order valence-electron chi connectivity index (χ1n) is 21.6. The van der Waals surface area contributed by atoms with E-state index in [9.17, 15) is 33.9 Å². The van der Waals surface area contributed by atoms with E-state index in [1.165, 1.54) is 50.1 Å². The Morgan fingerprint density at radius 3 is 2.43 bits per heavy atom. The molecule has 2 aromatic rings. The van der Waals surface area contributed by atoms with Gasteiger partial charge in [-0.15, -0.1) is 0 Å². The van der Waals surface area contributed by atoms with E-state index in [0.29, 0.717) is 42.8 Å². The van der Waals surface area contributed by atoms with Crippen LogP contribution in [-0.4, -0.2) is 121 Å². The van der Waals surface area contributed by atoms with Crippen LogP contribution in [0.4, 0.5) is 16.2 Å². The summed E-state index contributed by atoms with van der Waals surface area (Å²) in [5, 5.41) is 17.0. The third-order valence-electron chi connectivity index (χ3n) is 12.4. The monoisotopic (exact) mass is 940 g/mol. The Morgan fingerprint density at radius 2 is 1.78 bits per heavy atom. The number of ether oxygens (including phenoxy) is 5. The molecule has 3 N–H and O–H groups in total. The molecule has 0 aliphatic carbocycles. The average Bonchev–Trinajstić information content (AvgIpc) is 3.96. The predicted molar refractivity (Wildman–Crippen MR) is 247 cm³/mol. The first-order chi connectivity index (χ1) is 30.6. The number of hydrogen-bond acceptors (Lipinski definition) is 13. The van der Waals surface area contributed by atoms with Crippen LogP contribution in [0, 0.1) is 5.92 Å². The zero-order chi connectivity index (χ0) is 48.0. The molecule has 3 aliphatic rings. The van der Waals surface area contributed by atoms with Crippen LogP contribution in [0.1, 0.15) is 89.1 Å². The van der Waals surface area contributed by atoms with Crippen LogP contribution >= 0.6 is 24.2 Å². The average molecular weight is 942 g/mol. The van der Waals surface area contributed by atoms with Crippen molar-refractivity contribution in [2.75, 3.05) is 38.5 Å². The number of aliphatic hydroxyl groups is 1. The number of nitrogens with zero attached hydrogens (tertiary/aromatic N) is 2. The van der Waals surface area contributed by atoms with Gasteiger partial charge in [0, 0.05) is 57.6 Å². The second-order valence-electron chi connectivity index (χ2n) is 17.3. The molecule has 0 radical (unpaired) electrons. The van der Waals surface area contributed by atoms with E-state index < -0.39 is 71.6 Å². The smallest absolute Gasteiger partial charge is 0.409 e. The number of alkyl carbamates (subject to hydrolysis) is 1. The number of hydrogen-bond donors (Lipinski definition) is 4. The van der Waals surface area contributed by atoms with Crippen LogP contribution in [0.2, 0.25) is 5.02 Å². The fourth-order valence-electron chi connectivity index (χ4n) is 8.09. The lowest BCUT2D eigenvalue weighted by molar-refractivity contribution is -0.158. The van der Waals surface area contributed by atoms with Gasteiger partial charge in [0.1, 0.15) is 46.5 Å². The van der Waals surface area contributed by atoms with Gasteiger partial charge in [0.05, 0.1) is 30.6 Å². The number of unbranched alkanes of at least 4 members (excludes halogenated alkanes) is 1. The molecule has 4 amide bonds. The molecule has 0 saturated carbocycles. The van der Waals surface area contributed by atoms with Gasteiger partial charge >= 0.3 is 12.1 Å². The van der Waals surface area contributed by atoms with Crippen LogP contribution in [0.15, 0.2) is 60.2 Å². The first kappa shape index (κ1) is 51.1. The lowest BCUT2D eigenvalue weighted by Gasteiger charge is -2.42. The SMILES string of the molecule is COc1cc2cc(c1Cl)N(C)C(=O)C[C@H](OC(=O)[C@H](C)N(C)C(=O)c1ccc(NC(=O)CCCCC(=O)C(C)S)cc1)[C@]1(C)O[C@H]1[C@H](C)[C@@H]1C[C@@](O)(NC(=O)O1)[C@H](OC)/C=C/C=C(\C)C2. The Bertz CT molecular complexity index is 2190. The van der Waals surface area contributed by atoms with Crippen molar-refractivity contribution in [1.29, 1.82) is 0 Å². The van der Waals surface area contributed by atoms with Crippen molar-refractivity contribution >= 4 is 71.2 Å². The number of benzene rings is 2. The minimum atomic E-state index is -1.87. The van der Waals surface area contributed by atoms with E-state index in [0.717, 1.165) is 11.1 Å². The summed E-state index contributed by atoms with van der Waals surface area (Å²) >= 11 is 10.9. The molecule has 3 aliphatic heterocycles. The van der Waals surface area contributed by atoms with E-state index >= 15 is 0 Å². The van der Waals surface area contributed by atoms with E-state index in [2.05, 4.69) is 23.3 Å². The zero-order valence-electron chi connectivity index (χ0n) is 38.3. The van der Waals surface area contributed by atoms with Crippen LogP contribution in [-0.2, 0) is 44.5 Å². The topological polar surface area (TPSA) is 203 Å². The van der Waals surface area contributed by atoms with Gasteiger partial charge in [0.15, 0.2) is 5.72 Å². The van der Waals surface area contributed by atoms with Crippen LogP contribution in [0.3, 0.4) is 0 Å². The summed E-state index contributed by atoms with van der Waals surface area (Å²) in [6.45, 7) is 8.58. The number of Topliss-reactive ketones (excluding diaryl/α,β-unsaturated/α-hetero) is 1. The lowest BCUT2D eigenvalue weighted by Crippen LogP contribution is -2.63. The highest BCUT2D eigenvalue weighted by Gasteiger charge is 2.64. The molecular weight excluding hydrogens is 880 g/mol. The Balaban J connectivity index is 1.38. The fourth-order valence-corrected chi connectivity index (χ4v) is 8.54. The fraction of sp³-hybridized carbons (Fsp3) is 0.532. The Morgan fingerprint density at radius 1 is 1.11 bits per heavy atom. The quantitative estimate of drug-likeness (QED) is 0.0767.